The smallest absolute Gasteiger partial charge is 0.183 e. The number of anilines is 2. The number of hydrogen-bond donors (Lipinski definition) is 1. The van der Waals surface area contributed by atoms with Crippen molar-refractivity contribution in [2.75, 3.05) is 23.3 Å². The first-order chi connectivity index (χ1) is 12.7. The molecule has 0 saturated carbocycles. The maximum absolute atomic E-state index is 13.1. The van der Waals surface area contributed by atoms with E-state index in [2.05, 4.69) is 32.3 Å². The minimum atomic E-state index is -0.225. The largest absolute Gasteiger partial charge is 0.359 e. The van der Waals surface area contributed by atoms with Gasteiger partial charge in [-0.15, -0.1) is 11.3 Å². The zero-order valence-corrected chi connectivity index (χ0v) is 15.5. The van der Waals surface area contributed by atoms with E-state index in [1.54, 1.807) is 23.5 Å². The van der Waals surface area contributed by atoms with Crippen LogP contribution in [0.3, 0.4) is 0 Å². The molecule has 3 heterocycles. The van der Waals surface area contributed by atoms with Gasteiger partial charge in [-0.25, -0.2) is 14.4 Å². The third-order valence-corrected chi connectivity index (χ3v) is 5.44. The molecule has 3 aromatic rings. The van der Waals surface area contributed by atoms with Crippen molar-refractivity contribution < 1.29 is 4.39 Å². The van der Waals surface area contributed by atoms with Gasteiger partial charge in [0.25, 0.3) is 0 Å². The van der Waals surface area contributed by atoms with Gasteiger partial charge in [0.15, 0.2) is 5.13 Å². The number of hydrogen-bond acceptors (Lipinski definition) is 5. The molecule has 0 radical (unpaired) electrons. The van der Waals surface area contributed by atoms with Crippen molar-refractivity contribution in [1.82, 2.24) is 9.97 Å². The Labute approximate surface area is 156 Å². The van der Waals surface area contributed by atoms with Crippen LogP contribution in [-0.4, -0.2) is 29.1 Å². The van der Waals surface area contributed by atoms with E-state index >= 15 is 0 Å². The average molecular weight is 368 g/mol. The molecule has 1 aromatic carbocycles. The normalized spacial score (nSPS) is 15.2. The van der Waals surface area contributed by atoms with Gasteiger partial charge in [0.1, 0.15) is 11.6 Å². The molecule has 1 aliphatic heterocycles. The van der Waals surface area contributed by atoms with Gasteiger partial charge in [-0.1, -0.05) is 6.07 Å². The van der Waals surface area contributed by atoms with Crippen LogP contribution in [0.25, 0.3) is 11.3 Å². The molecule has 0 bridgehead atoms. The van der Waals surface area contributed by atoms with E-state index in [4.69, 9.17) is 0 Å². The lowest BCUT2D eigenvalue weighted by Gasteiger charge is -2.33. The number of aromatic nitrogens is 2. The highest BCUT2D eigenvalue weighted by Crippen LogP contribution is 2.27. The molecule has 26 heavy (non-hydrogen) atoms. The molecule has 1 fully saturated rings. The van der Waals surface area contributed by atoms with E-state index in [9.17, 15) is 4.39 Å². The Morgan fingerprint density at radius 2 is 1.85 bits per heavy atom. The molecular weight excluding hydrogens is 347 g/mol. The number of nitrogens with one attached hydrogen (secondary N) is 1. The van der Waals surface area contributed by atoms with Gasteiger partial charge < -0.3 is 10.2 Å². The first-order valence-corrected chi connectivity index (χ1v) is 9.72. The zero-order valence-electron chi connectivity index (χ0n) is 14.7. The summed E-state index contributed by atoms with van der Waals surface area (Å²) in [5, 5.41) is 6.49. The molecule has 0 unspecified atom stereocenters. The van der Waals surface area contributed by atoms with E-state index in [0.29, 0.717) is 6.04 Å². The minimum absolute atomic E-state index is 0.225. The van der Waals surface area contributed by atoms with E-state index in [1.165, 1.54) is 12.1 Å². The number of thiazole rings is 1. The summed E-state index contributed by atoms with van der Waals surface area (Å²) in [6.45, 7) is 4.01. The lowest BCUT2D eigenvalue weighted by atomic mass is 10.1. The van der Waals surface area contributed by atoms with Gasteiger partial charge in [0.2, 0.25) is 0 Å². The predicted molar refractivity (Wildman–Crippen MR) is 105 cm³/mol. The maximum Gasteiger partial charge on any atom is 0.183 e. The van der Waals surface area contributed by atoms with Crippen LogP contribution in [0.1, 0.15) is 18.5 Å². The fraction of sp³-hybridized carbons (Fsp3) is 0.300. The van der Waals surface area contributed by atoms with Crippen LogP contribution in [0.4, 0.5) is 15.3 Å². The van der Waals surface area contributed by atoms with Crippen LogP contribution in [0.2, 0.25) is 0 Å². The second-order valence-electron chi connectivity index (χ2n) is 6.59. The van der Waals surface area contributed by atoms with Crippen molar-refractivity contribution in [3.8, 4) is 11.3 Å². The lowest BCUT2D eigenvalue weighted by molar-refractivity contribution is 0.523. The summed E-state index contributed by atoms with van der Waals surface area (Å²) in [6.07, 6.45) is 2.11. The SMILES string of the molecule is Cc1cccc(N2CCC(Nc3nc(-c4ccc(F)cc4)cs3)CC2)n1. The summed E-state index contributed by atoms with van der Waals surface area (Å²) in [5.41, 5.74) is 2.88. The molecule has 0 amide bonds. The van der Waals surface area contributed by atoms with Gasteiger partial charge in [0, 0.05) is 35.8 Å². The number of nitrogens with zero attached hydrogens (tertiary/aromatic N) is 3. The summed E-state index contributed by atoms with van der Waals surface area (Å²) in [5.74, 6) is 0.841. The van der Waals surface area contributed by atoms with Gasteiger partial charge in [-0.2, -0.15) is 0 Å². The van der Waals surface area contributed by atoms with Crippen LogP contribution in [0.5, 0.6) is 0 Å². The van der Waals surface area contributed by atoms with E-state index in [-0.39, 0.29) is 5.82 Å². The van der Waals surface area contributed by atoms with E-state index in [0.717, 1.165) is 53.8 Å². The first-order valence-electron chi connectivity index (χ1n) is 8.84. The van der Waals surface area contributed by atoms with Crippen molar-refractivity contribution in [2.24, 2.45) is 0 Å². The summed E-state index contributed by atoms with van der Waals surface area (Å²) >= 11 is 1.60. The molecule has 4 nitrogen and oxygen atoms in total. The highest BCUT2D eigenvalue weighted by atomic mass is 32.1. The third-order valence-electron chi connectivity index (χ3n) is 4.66. The van der Waals surface area contributed by atoms with Crippen LogP contribution >= 0.6 is 11.3 Å². The topological polar surface area (TPSA) is 41.0 Å². The Morgan fingerprint density at radius 3 is 2.58 bits per heavy atom. The molecule has 4 rings (SSSR count). The van der Waals surface area contributed by atoms with Gasteiger partial charge in [0.05, 0.1) is 5.69 Å². The number of halogens is 1. The van der Waals surface area contributed by atoms with Crippen LogP contribution in [0.15, 0.2) is 47.8 Å². The standard InChI is InChI=1S/C20H21FN4S/c1-14-3-2-4-19(22-14)25-11-9-17(10-12-25)23-20-24-18(13-26-20)15-5-7-16(21)8-6-15/h2-8,13,17H,9-12H2,1H3,(H,23,24). The molecule has 0 spiro atoms. The van der Waals surface area contributed by atoms with Gasteiger partial charge >= 0.3 is 0 Å². The predicted octanol–water partition coefficient (Wildman–Crippen LogP) is 4.73. The molecule has 1 N–H and O–H groups in total. The second-order valence-corrected chi connectivity index (χ2v) is 7.45. The Balaban J connectivity index is 1.35. The maximum atomic E-state index is 13.1. The Hall–Kier alpha value is -2.47. The lowest BCUT2D eigenvalue weighted by Crippen LogP contribution is -2.39. The molecule has 1 saturated heterocycles. The van der Waals surface area contributed by atoms with Gasteiger partial charge in [-0.3, -0.25) is 0 Å². The monoisotopic (exact) mass is 368 g/mol. The molecule has 2 aromatic heterocycles. The Kier molecular flexibility index (Phi) is 4.84. The molecule has 1 aliphatic rings. The molecular formula is C20H21FN4S. The van der Waals surface area contributed by atoms with Crippen LogP contribution in [-0.2, 0) is 0 Å². The summed E-state index contributed by atoms with van der Waals surface area (Å²) < 4.78 is 13.1. The van der Waals surface area contributed by atoms with Crippen molar-refractivity contribution >= 4 is 22.3 Å². The Bertz CT molecular complexity index is 870. The fourth-order valence-electron chi connectivity index (χ4n) is 3.23. The number of aryl methyl sites for hydroxylation is 1. The Morgan fingerprint density at radius 1 is 1.08 bits per heavy atom. The summed E-state index contributed by atoms with van der Waals surface area (Å²) in [6, 6.07) is 13.1. The summed E-state index contributed by atoms with van der Waals surface area (Å²) in [4.78, 5) is 11.6. The van der Waals surface area contributed by atoms with E-state index < -0.39 is 0 Å². The highest BCUT2D eigenvalue weighted by molar-refractivity contribution is 7.14. The van der Waals surface area contributed by atoms with Gasteiger partial charge in [-0.05, 0) is 56.2 Å². The number of rotatable bonds is 4. The molecule has 0 aliphatic carbocycles. The van der Waals surface area contributed by atoms with Crippen LogP contribution in [0, 0.1) is 12.7 Å². The minimum Gasteiger partial charge on any atom is -0.359 e. The fourth-order valence-corrected chi connectivity index (χ4v) is 4.02. The first kappa shape index (κ1) is 17.0. The zero-order chi connectivity index (χ0) is 17.9. The molecule has 134 valence electrons. The highest BCUT2D eigenvalue weighted by Gasteiger charge is 2.21. The van der Waals surface area contributed by atoms with E-state index in [1.807, 2.05) is 18.4 Å². The number of pyridine rings is 1. The van der Waals surface area contributed by atoms with Crippen molar-refractivity contribution in [2.45, 2.75) is 25.8 Å². The van der Waals surface area contributed by atoms with Crippen molar-refractivity contribution in [3.63, 3.8) is 0 Å². The third kappa shape index (κ3) is 3.85. The van der Waals surface area contributed by atoms with Crippen LogP contribution < -0.4 is 10.2 Å². The van der Waals surface area contributed by atoms with Crippen molar-refractivity contribution in [3.05, 3.63) is 59.4 Å². The number of benzene rings is 1. The molecule has 0 atom stereocenters. The quantitative estimate of drug-likeness (QED) is 0.723. The van der Waals surface area contributed by atoms with Crippen molar-refractivity contribution in [1.29, 1.82) is 0 Å². The average Bonchev–Trinajstić information content (AvgIpc) is 3.11. The second kappa shape index (κ2) is 7.41. The summed E-state index contributed by atoms with van der Waals surface area (Å²) in [7, 11) is 0. The number of piperidine rings is 1. The molecule has 6 heteroatoms.